The molecule has 1 N–H and O–H groups in total. The monoisotopic (exact) mass is 185 g/mol. The minimum absolute atomic E-state index is 0.265. The largest absolute Gasteiger partial charge is 0.389 e. The molecular formula is C9H15NOS. The summed E-state index contributed by atoms with van der Waals surface area (Å²) in [5.74, 6) is 0.265. The van der Waals surface area contributed by atoms with Crippen molar-refractivity contribution in [2.24, 2.45) is 5.92 Å². The average molecular weight is 185 g/mol. The summed E-state index contributed by atoms with van der Waals surface area (Å²) in [5.41, 5.74) is -0.627. The van der Waals surface area contributed by atoms with E-state index in [0.29, 0.717) is 6.42 Å². The van der Waals surface area contributed by atoms with Gasteiger partial charge in [0, 0.05) is 18.0 Å². The zero-order valence-corrected chi connectivity index (χ0v) is 8.56. The van der Waals surface area contributed by atoms with E-state index in [-0.39, 0.29) is 5.92 Å². The molecule has 0 aliphatic carbocycles. The summed E-state index contributed by atoms with van der Waals surface area (Å²) in [6.07, 6.45) is 2.43. The van der Waals surface area contributed by atoms with E-state index in [1.54, 1.807) is 17.5 Å². The van der Waals surface area contributed by atoms with Crippen LogP contribution in [0.15, 0.2) is 11.6 Å². The lowest BCUT2D eigenvalue weighted by atomic mass is 9.90. The molecule has 1 rings (SSSR count). The Morgan fingerprint density at radius 2 is 2.33 bits per heavy atom. The molecule has 0 radical (unpaired) electrons. The fourth-order valence-electron chi connectivity index (χ4n) is 0.851. The van der Waals surface area contributed by atoms with Crippen LogP contribution in [-0.4, -0.2) is 15.7 Å². The van der Waals surface area contributed by atoms with E-state index < -0.39 is 5.60 Å². The van der Waals surface area contributed by atoms with Crippen LogP contribution in [0.3, 0.4) is 0 Å². The second kappa shape index (κ2) is 3.54. The SMILES string of the molecule is CC(C)C(C)(O)Cc1nccs1. The van der Waals surface area contributed by atoms with Gasteiger partial charge in [0.25, 0.3) is 0 Å². The van der Waals surface area contributed by atoms with Crippen LogP contribution in [0, 0.1) is 5.92 Å². The molecule has 0 fully saturated rings. The first-order valence-corrected chi connectivity index (χ1v) is 5.01. The van der Waals surface area contributed by atoms with Gasteiger partial charge in [-0.2, -0.15) is 0 Å². The van der Waals surface area contributed by atoms with Gasteiger partial charge >= 0.3 is 0 Å². The Morgan fingerprint density at radius 3 is 2.75 bits per heavy atom. The first-order valence-electron chi connectivity index (χ1n) is 4.13. The number of hydrogen-bond donors (Lipinski definition) is 1. The van der Waals surface area contributed by atoms with Gasteiger partial charge in [0.1, 0.15) is 0 Å². The van der Waals surface area contributed by atoms with Crippen LogP contribution in [0.25, 0.3) is 0 Å². The fourth-order valence-corrected chi connectivity index (χ4v) is 1.63. The van der Waals surface area contributed by atoms with Crippen LogP contribution >= 0.6 is 11.3 Å². The molecule has 3 heteroatoms. The van der Waals surface area contributed by atoms with Crippen LogP contribution in [-0.2, 0) is 6.42 Å². The summed E-state index contributed by atoms with van der Waals surface area (Å²) in [5, 5.41) is 12.9. The zero-order valence-electron chi connectivity index (χ0n) is 7.74. The van der Waals surface area contributed by atoms with Crippen molar-refractivity contribution in [3.8, 4) is 0 Å². The predicted molar refractivity (Wildman–Crippen MR) is 51.3 cm³/mol. The molecule has 1 aromatic heterocycles. The van der Waals surface area contributed by atoms with E-state index in [1.807, 2.05) is 26.2 Å². The van der Waals surface area contributed by atoms with Gasteiger partial charge in [-0.3, -0.25) is 0 Å². The summed E-state index contributed by atoms with van der Waals surface area (Å²) in [7, 11) is 0. The maximum Gasteiger partial charge on any atom is 0.0953 e. The Bertz CT molecular complexity index is 229. The molecule has 0 spiro atoms. The molecule has 0 bridgehead atoms. The Hall–Kier alpha value is -0.410. The third-order valence-electron chi connectivity index (χ3n) is 2.24. The Kier molecular flexibility index (Phi) is 2.85. The third kappa shape index (κ3) is 2.29. The first kappa shape index (κ1) is 9.68. The van der Waals surface area contributed by atoms with Crippen molar-refractivity contribution < 1.29 is 5.11 Å². The van der Waals surface area contributed by atoms with Crippen molar-refractivity contribution in [3.63, 3.8) is 0 Å². The molecule has 68 valence electrons. The van der Waals surface area contributed by atoms with Crippen LogP contribution < -0.4 is 0 Å². The van der Waals surface area contributed by atoms with Crippen molar-refractivity contribution >= 4 is 11.3 Å². The van der Waals surface area contributed by atoms with Gasteiger partial charge in [-0.15, -0.1) is 11.3 Å². The van der Waals surface area contributed by atoms with Crippen molar-refractivity contribution in [1.29, 1.82) is 0 Å². The van der Waals surface area contributed by atoms with Crippen LogP contribution in [0.1, 0.15) is 25.8 Å². The van der Waals surface area contributed by atoms with E-state index >= 15 is 0 Å². The number of aliphatic hydroxyl groups is 1. The number of hydrogen-bond acceptors (Lipinski definition) is 3. The second-order valence-electron chi connectivity index (χ2n) is 3.61. The molecule has 0 aliphatic heterocycles. The lowest BCUT2D eigenvalue weighted by molar-refractivity contribution is 0.0139. The summed E-state index contributed by atoms with van der Waals surface area (Å²) < 4.78 is 0. The van der Waals surface area contributed by atoms with Crippen molar-refractivity contribution in [3.05, 3.63) is 16.6 Å². The molecule has 0 saturated carbocycles. The highest BCUT2D eigenvalue weighted by molar-refractivity contribution is 7.09. The zero-order chi connectivity index (χ0) is 9.19. The van der Waals surface area contributed by atoms with Crippen molar-refractivity contribution in [1.82, 2.24) is 4.98 Å². The highest BCUT2D eigenvalue weighted by Crippen LogP contribution is 2.22. The van der Waals surface area contributed by atoms with Gasteiger partial charge in [0.15, 0.2) is 0 Å². The molecule has 1 heterocycles. The van der Waals surface area contributed by atoms with Crippen LogP contribution in [0.2, 0.25) is 0 Å². The molecule has 12 heavy (non-hydrogen) atoms. The van der Waals surface area contributed by atoms with Crippen molar-refractivity contribution in [2.75, 3.05) is 0 Å². The number of rotatable bonds is 3. The standard InChI is InChI=1S/C9H15NOS/c1-7(2)9(3,11)6-8-10-4-5-12-8/h4-5,7,11H,6H2,1-3H3. The van der Waals surface area contributed by atoms with Crippen LogP contribution in [0.4, 0.5) is 0 Å². The summed E-state index contributed by atoms with van der Waals surface area (Å²) >= 11 is 1.60. The third-order valence-corrected chi connectivity index (χ3v) is 3.02. The molecular weight excluding hydrogens is 170 g/mol. The first-order chi connectivity index (χ1) is 5.52. The predicted octanol–water partition coefficient (Wildman–Crippen LogP) is 2.09. The summed E-state index contributed by atoms with van der Waals surface area (Å²) in [6, 6.07) is 0. The number of aromatic nitrogens is 1. The molecule has 1 unspecified atom stereocenters. The highest BCUT2D eigenvalue weighted by atomic mass is 32.1. The van der Waals surface area contributed by atoms with Gasteiger partial charge in [0.05, 0.1) is 10.6 Å². The lowest BCUT2D eigenvalue weighted by Gasteiger charge is -2.26. The molecule has 2 nitrogen and oxygen atoms in total. The van der Waals surface area contributed by atoms with E-state index in [1.165, 1.54) is 0 Å². The number of nitrogens with zero attached hydrogens (tertiary/aromatic N) is 1. The fraction of sp³-hybridized carbons (Fsp3) is 0.667. The van der Waals surface area contributed by atoms with Crippen molar-refractivity contribution in [2.45, 2.75) is 32.8 Å². The number of thiazole rings is 1. The molecule has 1 atom stereocenters. The Balaban J connectivity index is 2.62. The topological polar surface area (TPSA) is 33.1 Å². The highest BCUT2D eigenvalue weighted by Gasteiger charge is 2.25. The minimum atomic E-state index is -0.627. The van der Waals surface area contributed by atoms with E-state index in [0.717, 1.165) is 5.01 Å². The summed E-state index contributed by atoms with van der Waals surface area (Å²) in [6.45, 7) is 5.90. The van der Waals surface area contributed by atoms with Gasteiger partial charge in [0.2, 0.25) is 0 Å². The maximum atomic E-state index is 9.93. The van der Waals surface area contributed by atoms with E-state index in [9.17, 15) is 5.11 Å². The van der Waals surface area contributed by atoms with Gasteiger partial charge in [-0.1, -0.05) is 13.8 Å². The van der Waals surface area contributed by atoms with E-state index in [2.05, 4.69) is 4.98 Å². The second-order valence-corrected chi connectivity index (χ2v) is 4.59. The van der Waals surface area contributed by atoms with Gasteiger partial charge < -0.3 is 5.11 Å². The smallest absolute Gasteiger partial charge is 0.0953 e. The van der Waals surface area contributed by atoms with Gasteiger partial charge in [-0.05, 0) is 12.8 Å². The Morgan fingerprint density at radius 1 is 1.67 bits per heavy atom. The quantitative estimate of drug-likeness (QED) is 0.782. The molecule has 0 aromatic carbocycles. The summed E-state index contributed by atoms with van der Waals surface area (Å²) in [4.78, 5) is 4.14. The maximum absolute atomic E-state index is 9.93. The van der Waals surface area contributed by atoms with Gasteiger partial charge in [-0.25, -0.2) is 4.98 Å². The average Bonchev–Trinajstić information content (AvgIpc) is 2.38. The molecule has 0 aliphatic rings. The minimum Gasteiger partial charge on any atom is -0.389 e. The molecule has 0 amide bonds. The van der Waals surface area contributed by atoms with E-state index in [4.69, 9.17) is 0 Å². The van der Waals surface area contributed by atoms with Crippen LogP contribution in [0.5, 0.6) is 0 Å². The molecule has 0 saturated heterocycles. The normalized spacial score (nSPS) is 16.4. The Labute approximate surface area is 77.3 Å². The lowest BCUT2D eigenvalue weighted by Crippen LogP contribution is -2.33. The molecule has 1 aromatic rings.